The Morgan fingerprint density at radius 1 is 1.24 bits per heavy atom. The number of nitrogens with zero attached hydrogens (tertiary/aromatic N) is 1. The van der Waals surface area contributed by atoms with Gasteiger partial charge in [0.25, 0.3) is 11.1 Å². The Balaban J connectivity index is 1.77. The molecule has 0 atom stereocenters. The molecule has 2 N–H and O–H groups in total. The van der Waals surface area contributed by atoms with E-state index in [2.05, 4.69) is 21.2 Å². The van der Waals surface area contributed by atoms with Crippen LogP contribution in [0.2, 0.25) is 0 Å². The summed E-state index contributed by atoms with van der Waals surface area (Å²) in [4.78, 5) is 49.0. The van der Waals surface area contributed by atoms with Gasteiger partial charge < -0.3 is 19.9 Å². The smallest absolute Gasteiger partial charge is 0.341 e. The maximum Gasteiger partial charge on any atom is 0.341 e. The van der Waals surface area contributed by atoms with E-state index in [1.54, 1.807) is 13.0 Å². The van der Waals surface area contributed by atoms with E-state index in [-0.39, 0.29) is 28.7 Å². The van der Waals surface area contributed by atoms with Crippen LogP contribution in [0, 0.1) is 5.82 Å². The molecule has 0 spiro atoms. The van der Waals surface area contributed by atoms with E-state index < -0.39 is 42.0 Å². The van der Waals surface area contributed by atoms with Gasteiger partial charge in [-0.2, -0.15) is 0 Å². The van der Waals surface area contributed by atoms with Crippen molar-refractivity contribution in [2.75, 3.05) is 25.1 Å². The Hall–Kier alpha value is -3.38. The average Bonchev–Trinajstić information content (AvgIpc) is 3.00. The molecule has 12 heteroatoms. The molecule has 1 aliphatic heterocycles. The van der Waals surface area contributed by atoms with Crippen LogP contribution in [0.25, 0.3) is 6.08 Å². The maximum absolute atomic E-state index is 13.3. The summed E-state index contributed by atoms with van der Waals surface area (Å²) in [6.07, 6.45) is 1.45. The monoisotopic (exact) mass is 552 g/mol. The van der Waals surface area contributed by atoms with Gasteiger partial charge in [-0.05, 0) is 76.6 Å². The summed E-state index contributed by atoms with van der Waals surface area (Å²) in [5.41, 5.74) is 0.679. The molecule has 1 fully saturated rings. The zero-order valence-corrected chi connectivity index (χ0v) is 20.1. The van der Waals surface area contributed by atoms with Gasteiger partial charge in [0.05, 0.1) is 16.0 Å². The van der Waals surface area contributed by atoms with Crippen molar-refractivity contribution in [1.82, 2.24) is 4.90 Å². The van der Waals surface area contributed by atoms with Crippen LogP contribution >= 0.6 is 27.7 Å². The Labute approximate surface area is 206 Å². The van der Waals surface area contributed by atoms with Gasteiger partial charge in [0.2, 0.25) is 5.91 Å². The second kappa shape index (κ2) is 11.2. The number of carboxylic acid groups (broad SMARTS) is 1. The summed E-state index contributed by atoms with van der Waals surface area (Å²) in [6.45, 7) is 0.904. The Bertz CT molecular complexity index is 1190. The number of carbonyl (C=O) groups excluding carboxylic acids is 3. The number of carbonyl (C=O) groups is 4. The first-order valence-corrected chi connectivity index (χ1v) is 11.4. The highest BCUT2D eigenvalue weighted by atomic mass is 79.9. The van der Waals surface area contributed by atoms with E-state index in [0.717, 1.165) is 11.0 Å². The van der Waals surface area contributed by atoms with E-state index in [0.29, 0.717) is 21.8 Å². The number of hydrogen-bond donors (Lipinski definition) is 2. The molecule has 1 saturated heterocycles. The highest BCUT2D eigenvalue weighted by Gasteiger charge is 2.36. The number of benzene rings is 2. The van der Waals surface area contributed by atoms with E-state index in [1.165, 1.54) is 30.3 Å². The standard InChI is InChI=1S/C22H18BrFN2O7S/c1-2-32-16-7-12(6-15(23)20(16)33-11-19(28)29)8-17-21(30)26(22(31)34-17)10-18(27)25-14-5-3-4-13(24)9-14/h3-9H,2,10-11H2,1H3,(H,25,27)(H,28,29)/b17-8+. The third-order valence-electron chi connectivity index (χ3n) is 4.25. The lowest BCUT2D eigenvalue weighted by Gasteiger charge is -2.14. The van der Waals surface area contributed by atoms with Crippen LogP contribution in [-0.2, 0) is 14.4 Å². The van der Waals surface area contributed by atoms with Crippen LogP contribution in [0.4, 0.5) is 14.9 Å². The Morgan fingerprint density at radius 3 is 2.68 bits per heavy atom. The quantitative estimate of drug-likeness (QED) is 0.445. The van der Waals surface area contributed by atoms with Crippen molar-refractivity contribution in [3.05, 3.63) is 57.2 Å². The highest BCUT2D eigenvalue weighted by Crippen LogP contribution is 2.39. The predicted octanol–water partition coefficient (Wildman–Crippen LogP) is 4.13. The fraction of sp³-hybridized carbons (Fsp3) is 0.182. The van der Waals surface area contributed by atoms with Crippen molar-refractivity contribution in [2.45, 2.75) is 6.92 Å². The molecule has 3 rings (SSSR count). The molecule has 0 radical (unpaired) electrons. The summed E-state index contributed by atoms with van der Waals surface area (Å²) < 4.78 is 24.5. The molecule has 9 nitrogen and oxygen atoms in total. The van der Waals surface area contributed by atoms with Gasteiger partial charge in [0.15, 0.2) is 18.1 Å². The van der Waals surface area contributed by atoms with Crippen LogP contribution in [0.1, 0.15) is 12.5 Å². The largest absolute Gasteiger partial charge is 0.490 e. The van der Waals surface area contributed by atoms with Crippen molar-refractivity contribution < 1.29 is 38.1 Å². The molecule has 2 aromatic carbocycles. The Kier molecular flexibility index (Phi) is 8.29. The number of carboxylic acids is 1. The lowest BCUT2D eigenvalue weighted by Crippen LogP contribution is -2.36. The van der Waals surface area contributed by atoms with E-state index in [1.807, 2.05) is 0 Å². The Morgan fingerprint density at radius 2 is 2.00 bits per heavy atom. The predicted molar refractivity (Wildman–Crippen MR) is 126 cm³/mol. The molecule has 2 aromatic rings. The number of imide groups is 1. The summed E-state index contributed by atoms with van der Waals surface area (Å²) >= 11 is 3.96. The van der Waals surface area contributed by atoms with Gasteiger partial charge in [0.1, 0.15) is 12.4 Å². The van der Waals surface area contributed by atoms with E-state index in [4.69, 9.17) is 14.6 Å². The van der Waals surface area contributed by atoms with Gasteiger partial charge in [-0.3, -0.25) is 19.3 Å². The molecule has 0 saturated carbocycles. The van der Waals surface area contributed by atoms with Gasteiger partial charge in [-0.25, -0.2) is 9.18 Å². The molecule has 0 aromatic heterocycles. The van der Waals surface area contributed by atoms with E-state index in [9.17, 15) is 23.6 Å². The molecule has 3 amide bonds. The van der Waals surface area contributed by atoms with Crippen molar-refractivity contribution >= 4 is 62.5 Å². The number of amides is 3. The minimum absolute atomic E-state index is 0.0807. The van der Waals surface area contributed by atoms with Crippen LogP contribution in [0.3, 0.4) is 0 Å². The molecule has 0 bridgehead atoms. The van der Waals surface area contributed by atoms with Crippen LogP contribution < -0.4 is 14.8 Å². The molecule has 178 valence electrons. The second-order valence-electron chi connectivity index (χ2n) is 6.77. The van der Waals surface area contributed by atoms with Crippen molar-refractivity contribution in [2.24, 2.45) is 0 Å². The van der Waals surface area contributed by atoms with Gasteiger partial charge >= 0.3 is 5.97 Å². The van der Waals surface area contributed by atoms with Crippen LogP contribution in [-0.4, -0.2) is 52.8 Å². The first-order valence-electron chi connectivity index (χ1n) is 9.79. The van der Waals surface area contributed by atoms with Crippen molar-refractivity contribution in [3.63, 3.8) is 0 Å². The SMILES string of the molecule is CCOc1cc(/C=C2/SC(=O)N(CC(=O)Nc3cccc(F)c3)C2=O)cc(Br)c1OCC(=O)O. The minimum Gasteiger partial charge on any atom is -0.490 e. The summed E-state index contributed by atoms with van der Waals surface area (Å²) in [5, 5.41) is 10.7. The topological polar surface area (TPSA) is 122 Å². The first kappa shape index (κ1) is 25.2. The zero-order valence-electron chi connectivity index (χ0n) is 17.7. The molecule has 1 aliphatic rings. The average molecular weight is 553 g/mol. The number of anilines is 1. The molecular formula is C22H18BrFN2O7S. The third kappa shape index (κ3) is 6.35. The van der Waals surface area contributed by atoms with Crippen molar-refractivity contribution in [1.29, 1.82) is 0 Å². The number of halogens is 2. The fourth-order valence-corrected chi connectivity index (χ4v) is 4.32. The molecule has 1 heterocycles. The number of ether oxygens (including phenoxy) is 2. The summed E-state index contributed by atoms with van der Waals surface area (Å²) in [5.74, 6) is -2.58. The number of hydrogen-bond acceptors (Lipinski definition) is 7. The zero-order chi connectivity index (χ0) is 24.8. The van der Waals surface area contributed by atoms with Gasteiger partial charge in [-0.15, -0.1) is 0 Å². The van der Waals surface area contributed by atoms with E-state index >= 15 is 0 Å². The number of nitrogens with one attached hydrogen (secondary N) is 1. The molecule has 0 aliphatic carbocycles. The fourth-order valence-electron chi connectivity index (χ4n) is 2.91. The van der Waals surface area contributed by atoms with Crippen LogP contribution in [0.5, 0.6) is 11.5 Å². The number of thioether (sulfide) groups is 1. The van der Waals surface area contributed by atoms with Gasteiger partial charge in [-0.1, -0.05) is 6.07 Å². The lowest BCUT2D eigenvalue weighted by atomic mass is 10.2. The third-order valence-corrected chi connectivity index (χ3v) is 5.75. The molecule has 0 unspecified atom stereocenters. The summed E-state index contributed by atoms with van der Waals surface area (Å²) in [6, 6.07) is 8.34. The molecule has 34 heavy (non-hydrogen) atoms. The number of rotatable bonds is 9. The minimum atomic E-state index is -1.16. The number of aliphatic carboxylic acids is 1. The normalized spacial score (nSPS) is 14.4. The maximum atomic E-state index is 13.3. The first-order chi connectivity index (χ1) is 16.2. The highest BCUT2D eigenvalue weighted by molar-refractivity contribution is 9.10. The van der Waals surface area contributed by atoms with Crippen molar-refractivity contribution in [3.8, 4) is 11.5 Å². The summed E-state index contributed by atoms with van der Waals surface area (Å²) in [7, 11) is 0. The van der Waals surface area contributed by atoms with Gasteiger partial charge in [0, 0.05) is 5.69 Å². The molecular weight excluding hydrogens is 535 g/mol. The van der Waals surface area contributed by atoms with Crippen LogP contribution in [0.15, 0.2) is 45.8 Å². The lowest BCUT2D eigenvalue weighted by molar-refractivity contribution is -0.139. The second-order valence-corrected chi connectivity index (χ2v) is 8.62.